The minimum Gasteiger partial charge on any atom is -0.352 e. The monoisotopic (exact) mass is 376 g/mol. The van der Waals surface area contributed by atoms with Crippen LogP contribution in [0.3, 0.4) is 0 Å². The van der Waals surface area contributed by atoms with E-state index in [0.717, 1.165) is 17.8 Å². The summed E-state index contributed by atoms with van der Waals surface area (Å²) in [6, 6.07) is 21.1. The van der Waals surface area contributed by atoms with E-state index in [9.17, 15) is 4.79 Å². The minimum absolute atomic E-state index is 0.0968. The van der Waals surface area contributed by atoms with Crippen LogP contribution in [0.15, 0.2) is 79.1 Å². The van der Waals surface area contributed by atoms with Gasteiger partial charge in [-0.2, -0.15) is 0 Å². The van der Waals surface area contributed by atoms with E-state index >= 15 is 0 Å². The summed E-state index contributed by atoms with van der Waals surface area (Å²) in [7, 11) is 0. The average molecular weight is 377 g/mol. The van der Waals surface area contributed by atoms with Gasteiger partial charge in [-0.1, -0.05) is 35.9 Å². The number of nitrogens with one attached hydrogen (secondary N) is 2. The molecular formula is C22H19ClN3O+. The molecule has 0 spiro atoms. The molecular weight excluding hydrogens is 358 g/mol. The quantitative estimate of drug-likeness (QED) is 0.507. The second-order valence-corrected chi connectivity index (χ2v) is 6.73. The summed E-state index contributed by atoms with van der Waals surface area (Å²) in [4.78, 5) is 15.8. The van der Waals surface area contributed by atoms with E-state index in [0.29, 0.717) is 17.1 Å². The maximum atomic E-state index is 12.3. The second kappa shape index (κ2) is 7.64. The number of aromatic nitrogens is 2. The Bertz CT molecular complexity index is 1070. The number of rotatable bonds is 5. The van der Waals surface area contributed by atoms with Crippen molar-refractivity contribution in [1.29, 1.82) is 0 Å². The molecule has 2 N–H and O–H groups in total. The Morgan fingerprint density at radius 2 is 1.70 bits per heavy atom. The number of carbonyl (C=O) groups excluding carboxylic acids is 1. The molecule has 0 aliphatic carbocycles. The van der Waals surface area contributed by atoms with E-state index in [4.69, 9.17) is 11.6 Å². The van der Waals surface area contributed by atoms with Crippen molar-refractivity contribution in [2.45, 2.75) is 6.42 Å². The minimum atomic E-state index is -0.0968. The molecule has 5 heteroatoms. The lowest BCUT2D eigenvalue weighted by molar-refractivity contribution is -0.599. The summed E-state index contributed by atoms with van der Waals surface area (Å²) in [6.45, 7) is 0.545. The lowest BCUT2D eigenvalue weighted by Gasteiger charge is -2.06. The van der Waals surface area contributed by atoms with Gasteiger partial charge in [0.05, 0.1) is 18.0 Å². The molecule has 134 valence electrons. The fraction of sp³-hybridized carbons (Fsp3) is 0.0909. The standard InChI is InChI=1S/C22H18ClN3O/c23-17-10-8-16(9-11-17)22(27)24-13-12-19-18-6-2-3-7-20(18)25-21(19)26-14-4-1-5-15-26/h1-11,14-15,25H,12-13H2/p+1. The Morgan fingerprint density at radius 1 is 0.963 bits per heavy atom. The van der Waals surface area contributed by atoms with Gasteiger partial charge in [-0.3, -0.25) is 4.79 Å². The van der Waals surface area contributed by atoms with E-state index < -0.39 is 0 Å². The molecule has 4 nitrogen and oxygen atoms in total. The summed E-state index contributed by atoms with van der Waals surface area (Å²) in [5.41, 5.74) is 2.87. The normalized spacial score (nSPS) is 10.9. The Balaban J connectivity index is 1.56. The number of nitrogens with zero attached hydrogens (tertiary/aromatic N) is 1. The van der Waals surface area contributed by atoms with Gasteiger partial charge in [-0.05, 0) is 48.9 Å². The van der Waals surface area contributed by atoms with E-state index in [1.807, 2.05) is 42.7 Å². The fourth-order valence-electron chi connectivity index (χ4n) is 3.21. The zero-order valence-corrected chi connectivity index (χ0v) is 15.4. The van der Waals surface area contributed by atoms with Crippen LogP contribution in [-0.2, 0) is 6.42 Å². The van der Waals surface area contributed by atoms with Crippen LogP contribution in [-0.4, -0.2) is 17.4 Å². The second-order valence-electron chi connectivity index (χ2n) is 6.29. The Hall–Kier alpha value is -3.11. The van der Waals surface area contributed by atoms with Crippen LogP contribution < -0.4 is 9.88 Å². The highest BCUT2D eigenvalue weighted by Gasteiger charge is 2.19. The molecule has 0 atom stereocenters. The Morgan fingerprint density at radius 3 is 2.48 bits per heavy atom. The molecule has 0 bridgehead atoms. The van der Waals surface area contributed by atoms with Crippen LogP contribution in [0.4, 0.5) is 0 Å². The molecule has 0 radical (unpaired) electrons. The summed E-state index contributed by atoms with van der Waals surface area (Å²) in [6.07, 6.45) is 4.75. The van der Waals surface area contributed by atoms with Crippen LogP contribution in [0.2, 0.25) is 5.02 Å². The number of halogens is 1. The topological polar surface area (TPSA) is 48.8 Å². The van der Waals surface area contributed by atoms with Gasteiger partial charge in [-0.25, -0.2) is 9.55 Å². The van der Waals surface area contributed by atoms with Crippen molar-refractivity contribution in [3.8, 4) is 5.82 Å². The van der Waals surface area contributed by atoms with Gasteiger partial charge in [0.15, 0.2) is 0 Å². The maximum absolute atomic E-state index is 12.3. The van der Waals surface area contributed by atoms with Crippen molar-refractivity contribution in [1.82, 2.24) is 10.3 Å². The highest BCUT2D eigenvalue weighted by Crippen LogP contribution is 2.22. The number of hydrogen-bond acceptors (Lipinski definition) is 1. The lowest BCUT2D eigenvalue weighted by atomic mass is 10.1. The number of pyridine rings is 1. The van der Waals surface area contributed by atoms with Gasteiger partial charge in [0.2, 0.25) is 0 Å². The first-order valence-corrected chi connectivity index (χ1v) is 9.20. The molecule has 0 unspecified atom stereocenters. The molecule has 1 amide bonds. The number of H-pyrrole nitrogens is 1. The Labute approximate surface area is 162 Å². The first-order valence-electron chi connectivity index (χ1n) is 8.82. The number of fused-ring (bicyclic) bond motifs is 1. The van der Waals surface area contributed by atoms with Gasteiger partial charge in [0.1, 0.15) is 5.52 Å². The molecule has 27 heavy (non-hydrogen) atoms. The van der Waals surface area contributed by atoms with Crippen molar-refractivity contribution < 1.29 is 9.36 Å². The highest BCUT2D eigenvalue weighted by molar-refractivity contribution is 6.30. The SMILES string of the molecule is O=C(NCCc1c(-[n+]2ccccc2)[nH]c2ccccc12)c1ccc(Cl)cc1. The van der Waals surface area contributed by atoms with Crippen LogP contribution in [0.25, 0.3) is 16.7 Å². The highest BCUT2D eigenvalue weighted by atomic mass is 35.5. The molecule has 2 aromatic carbocycles. The van der Waals surface area contributed by atoms with Gasteiger partial charge in [-0.15, -0.1) is 0 Å². The van der Waals surface area contributed by atoms with E-state index in [-0.39, 0.29) is 5.91 Å². The number of para-hydroxylation sites is 1. The zero-order chi connectivity index (χ0) is 18.6. The zero-order valence-electron chi connectivity index (χ0n) is 14.7. The smallest absolute Gasteiger partial charge is 0.288 e. The number of benzene rings is 2. The van der Waals surface area contributed by atoms with E-state index in [1.165, 1.54) is 10.9 Å². The molecule has 2 aromatic heterocycles. The lowest BCUT2D eigenvalue weighted by Crippen LogP contribution is -2.32. The first-order chi connectivity index (χ1) is 13.2. The molecule has 4 aromatic rings. The molecule has 0 fully saturated rings. The maximum Gasteiger partial charge on any atom is 0.288 e. The van der Waals surface area contributed by atoms with Gasteiger partial charge in [0, 0.05) is 22.5 Å². The number of aromatic amines is 1. The molecule has 2 heterocycles. The summed E-state index contributed by atoms with van der Waals surface area (Å²) >= 11 is 5.88. The Kier molecular flexibility index (Phi) is 4.90. The first kappa shape index (κ1) is 17.3. The van der Waals surface area contributed by atoms with Crippen LogP contribution >= 0.6 is 11.6 Å². The van der Waals surface area contributed by atoms with Crippen molar-refractivity contribution >= 4 is 28.4 Å². The molecule has 4 rings (SSSR count). The van der Waals surface area contributed by atoms with Crippen molar-refractivity contribution in [2.75, 3.05) is 6.54 Å². The van der Waals surface area contributed by atoms with E-state index in [1.54, 1.807) is 24.3 Å². The third-order valence-corrected chi connectivity index (χ3v) is 4.78. The number of carbonyl (C=O) groups is 1. The van der Waals surface area contributed by atoms with Crippen molar-refractivity contribution in [2.24, 2.45) is 0 Å². The predicted octanol–water partition coefficient (Wildman–Crippen LogP) is 4.07. The third-order valence-electron chi connectivity index (χ3n) is 4.53. The van der Waals surface area contributed by atoms with Gasteiger partial charge >= 0.3 is 0 Å². The van der Waals surface area contributed by atoms with Crippen LogP contribution in [0.5, 0.6) is 0 Å². The van der Waals surface area contributed by atoms with Gasteiger partial charge in [0.25, 0.3) is 11.7 Å². The molecule has 0 saturated heterocycles. The summed E-state index contributed by atoms with van der Waals surface area (Å²) < 4.78 is 2.07. The summed E-state index contributed by atoms with van der Waals surface area (Å²) in [5, 5.41) is 4.79. The van der Waals surface area contributed by atoms with Crippen LogP contribution in [0, 0.1) is 0 Å². The predicted molar refractivity (Wildman–Crippen MR) is 107 cm³/mol. The van der Waals surface area contributed by atoms with E-state index in [2.05, 4.69) is 27.0 Å². The average Bonchev–Trinajstić information content (AvgIpc) is 3.08. The largest absolute Gasteiger partial charge is 0.352 e. The number of hydrogen-bond donors (Lipinski definition) is 2. The molecule has 0 aliphatic rings. The van der Waals surface area contributed by atoms with Crippen LogP contribution in [0.1, 0.15) is 15.9 Å². The molecule has 0 aliphatic heterocycles. The number of amides is 1. The van der Waals surface area contributed by atoms with Crippen molar-refractivity contribution in [3.63, 3.8) is 0 Å². The van der Waals surface area contributed by atoms with Gasteiger partial charge < -0.3 is 5.32 Å². The fourth-order valence-corrected chi connectivity index (χ4v) is 3.34. The van der Waals surface area contributed by atoms with Crippen molar-refractivity contribution in [3.05, 3.63) is 95.3 Å². The third kappa shape index (κ3) is 3.71. The molecule has 0 saturated carbocycles. The summed E-state index contributed by atoms with van der Waals surface area (Å²) in [5.74, 6) is 0.929.